The summed E-state index contributed by atoms with van der Waals surface area (Å²) in [6.45, 7) is 2.06. The Morgan fingerprint density at radius 2 is 2.24 bits per heavy atom. The minimum atomic E-state index is -0.785. The average Bonchev–Trinajstić information content (AvgIpc) is 2.83. The number of nitro groups is 1. The van der Waals surface area contributed by atoms with Crippen molar-refractivity contribution in [3.8, 4) is 0 Å². The molecule has 21 heavy (non-hydrogen) atoms. The van der Waals surface area contributed by atoms with Crippen molar-refractivity contribution in [3.63, 3.8) is 0 Å². The summed E-state index contributed by atoms with van der Waals surface area (Å²) in [4.78, 5) is 27.7. The lowest BCUT2D eigenvalue weighted by Crippen LogP contribution is -2.27. The van der Waals surface area contributed by atoms with Crippen molar-refractivity contribution >= 4 is 22.9 Å². The zero-order valence-electron chi connectivity index (χ0n) is 11.4. The number of hydrogen-bond donors (Lipinski definition) is 0. The van der Waals surface area contributed by atoms with Gasteiger partial charge in [-0.1, -0.05) is 0 Å². The van der Waals surface area contributed by atoms with Gasteiger partial charge in [0.25, 0.3) is 11.6 Å². The van der Waals surface area contributed by atoms with Gasteiger partial charge in [-0.2, -0.15) is 0 Å². The zero-order chi connectivity index (χ0) is 15.6. The van der Waals surface area contributed by atoms with Gasteiger partial charge < -0.3 is 4.90 Å². The molecule has 1 amide bonds. The molecular weight excluding hydrogens is 297 g/mol. The van der Waals surface area contributed by atoms with Crippen LogP contribution in [0.15, 0.2) is 23.6 Å². The second-order valence-corrected chi connectivity index (χ2v) is 5.50. The standard InChI is InChI=1S/C13H12FN3O3S/c1-8-15-9(7-21-8)6-16(2)13(18)11-5-10(17(19)20)3-4-12(11)14/h3-5,7H,6H2,1-2H3. The molecule has 0 saturated carbocycles. The summed E-state index contributed by atoms with van der Waals surface area (Å²) in [6.07, 6.45) is 0. The minimum absolute atomic E-state index is 0.214. The third-order valence-electron chi connectivity index (χ3n) is 2.80. The fourth-order valence-corrected chi connectivity index (χ4v) is 2.40. The molecule has 0 N–H and O–H groups in total. The van der Waals surface area contributed by atoms with Crippen molar-refractivity contribution in [3.05, 3.63) is 55.8 Å². The molecule has 0 unspecified atom stereocenters. The lowest BCUT2D eigenvalue weighted by Gasteiger charge is -2.16. The fraction of sp³-hybridized carbons (Fsp3) is 0.231. The summed E-state index contributed by atoms with van der Waals surface area (Å²) in [5.41, 5.74) is 0.0514. The largest absolute Gasteiger partial charge is 0.336 e. The van der Waals surface area contributed by atoms with E-state index < -0.39 is 16.6 Å². The number of aryl methyl sites for hydroxylation is 1. The SMILES string of the molecule is Cc1nc(CN(C)C(=O)c2cc([N+](=O)[O-])ccc2F)cs1. The van der Waals surface area contributed by atoms with Crippen LogP contribution in [0.3, 0.4) is 0 Å². The monoisotopic (exact) mass is 309 g/mol. The topological polar surface area (TPSA) is 76.3 Å². The summed E-state index contributed by atoms with van der Waals surface area (Å²) in [5.74, 6) is -1.41. The Balaban J connectivity index is 2.22. The molecule has 0 aliphatic rings. The number of carbonyl (C=O) groups excluding carboxylic acids is 1. The second kappa shape index (κ2) is 5.96. The number of thiazole rings is 1. The number of amides is 1. The van der Waals surface area contributed by atoms with Crippen molar-refractivity contribution in [2.75, 3.05) is 7.05 Å². The van der Waals surface area contributed by atoms with E-state index in [1.807, 2.05) is 12.3 Å². The van der Waals surface area contributed by atoms with E-state index in [2.05, 4.69) is 4.98 Å². The average molecular weight is 309 g/mol. The third kappa shape index (κ3) is 3.40. The maximum Gasteiger partial charge on any atom is 0.270 e. The Bertz CT molecular complexity index is 702. The first kappa shape index (κ1) is 15.0. The van der Waals surface area contributed by atoms with E-state index in [-0.39, 0.29) is 17.8 Å². The Labute approximate surface area is 124 Å². The van der Waals surface area contributed by atoms with Crippen molar-refractivity contribution in [2.45, 2.75) is 13.5 Å². The molecule has 1 aromatic heterocycles. The smallest absolute Gasteiger partial charge is 0.270 e. The molecule has 0 fully saturated rings. The summed E-state index contributed by atoms with van der Waals surface area (Å²) < 4.78 is 13.7. The number of benzene rings is 1. The molecular formula is C13H12FN3O3S. The summed E-state index contributed by atoms with van der Waals surface area (Å²) in [6, 6.07) is 2.89. The molecule has 2 rings (SSSR count). The maximum absolute atomic E-state index is 13.7. The van der Waals surface area contributed by atoms with Crippen molar-refractivity contribution in [1.82, 2.24) is 9.88 Å². The summed E-state index contributed by atoms with van der Waals surface area (Å²) in [5, 5.41) is 13.4. The first-order chi connectivity index (χ1) is 9.88. The van der Waals surface area contributed by atoms with Gasteiger partial charge in [0.15, 0.2) is 0 Å². The van der Waals surface area contributed by atoms with Crippen LogP contribution in [0.1, 0.15) is 21.1 Å². The number of hydrogen-bond acceptors (Lipinski definition) is 5. The van der Waals surface area contributed by atoms with Gasteiger partial charge in [0, 0.05) is 24.6 Å². The van der Waals surface area contributed by atoms with Gasteiger partial charge in [0.2, 0.25) is 0 Å². The highest BCUT2D eigenvalue weighted by molar-refractivity contribution is 7.09. The van der Waals surface area contributed by atoms with Crippen LogP contribution in [0.25, 0.3) is 0 Å². The van der Waals surface area contributed by atoms with E-state index >= 15 is 0 Å². The van der Waals surface area contributed by atoms with Gasteiger partial charge in [0.1, 0.15) is 5.82 Å². The Kier molecular flexibility index (Phi) is 4.27. The van der Waals surface area contributed by atoms with E-state index in [4.69, 9.17) is 0 Å². The van der Waals surface area contributed by atoms with E-state index in [1.54, 1.807) is 0 Å². The molecule has 6 nitrogen and oxygen atoms in total. The van der Waals surface area contributed by atoms with Crippen LogP contribution in [-0.2, 0) is 6.54 Å². The number of nitrogens with zero attached hydrogens (tertiary/aromatic N) is 3. The molecule has 0 atom stereocenters. The normalized spacial score (nSPS) is 10.4. The molecule has 1 heterocycles. The molecule has 1 aromatic carbocycles. The van der Waals surface area contributed by atoms with Crippen molar-refractivity contribution in [1.29, 1.82) is 0 Å². The van der Waals surface area contributed by atoms with E-state index in [9.17, 15) is 19.3 Å². The first-order valence-electron chi connectivity index (χ1n) is 5.99. The summed E-state index contributed by atoms with van der Waals surface area (Å²) >= 11 is 1.45. The second-order valence-electron chi connectivity index (χ2n) is 4.44. The van der Waals surface area contributed by atoms with Crippen LogP contribution < -0.4 is 0 Å². The highest BCUT2D eigenvalue weighted by atomic mass is 32.1. The maximum atomic E-state index is 13.7. The van der Waals surface area contributed by atoms with Crippen LogP contribution in [0.5, 0.6) is 0 Å². The predicted molar refractivity (Wildman–Crippen MR) is 75.7 cm³/mol. The van der Waals surface area contributed by atoms with Crippen LogP contribution in [-0.4, -0.2) is 27.8 Å². The van der Waals surface area contributed by atoms with Gasteiger partial charge in [0.05, 0.1) is 27.7 Å². The molecule has 0 radical (unpaired) electrons. The minimum Gasteiger partial charge on any atom is -0.336 e. The number of carbonyl (C=O) groups is 1. The van der Waals surface area contributed by atoms with E-state index in [1.165, 1.54) is 23.3 Å². The van der Waals surface area contributed by atoms with Crippen molar-refractivity contribution in [2.24, 2.45) is 0 Å². The Morgan fingerprint density at radius 3 is 2.81 bits per heavy atom. The van der Waals surface area contributed by atoms with Crippen LogP contribution in [0.4, 0.5) is 10.1 Å². The van der Waals surface area contributed by atoms with Gasteiger partial charge in [-0.3, -0.25) is 14.9 Å². The van der Waals surface area contributed by atoms with Gasteiger partial charge in [-0.15, -0.1) is 11.3 Å². The van der Waals surface area contributed by atoms with Crippen LogP contribution >= 0.6 is 11.3 Å². The molecule has 0 aliphatic carbocycles. The number of rotatable bonds is 4. The van der Waals surface area contributed by atoms with Gasteiger partial charge in [-0.05, 0) is 13.0 Å². The number of nitro benzene ring substituents is 1. The molecule has 8 heteroatoms. The molecule has 0 spiro atoms. The lowest BCUT2D eigenvalue weighted by molar-refractivity contribution is -0.384. The molecule has 2 aromatic rings. The number of halogens is 1. The number of aromatic nitrogens is 1. The van der Waals surface area contributed by atoms with Crippen LogP contribution in [0, 0.1) is 22.9 Å². The zero-order valence-corrected chi connectivity index (χ0v) is 12.2. The number of non-ortho nitro benzene ring substituents is 1. The molecule has 110 valence electrons. The predicted octanol–water partition coefficient (Wildman–Crippen LogP) is 2.77. The molecule has 0 bridgehead atoms. The first-order valence-corrected chi connectivity index (χ1v) is 6.87. The quantitative estimate of drug-likeness (QED) is 0.643. The van der Waals surface area contributed by atoms with E-state index in [0.717, 1.165) is 23.2 Å². The molecule has 0 saturated heterocycles. The highest BCUT2D eigenvalue weighted by Gasteiger charge is 2.20. The lowest BCUT2D eigenvalue weighted by atomic mass is 10.1. The third-order valence-corrected chi connectivity index (χ3v) is 3.63. The Hall–Kier alpha value is -2.35. The van der Waals surface area contributed by atoms with Crippen LogP contribution in [0.2, 0.25) is 0 Å². The molecule has 0 aliphatic heterocycles. The van der Waals surface area contributed by atoms with E-state index in [0.29, 0.717) is 5.69 Å². The van der Waals surface area contributed by atoms with Gasteiger partial charge in [-0.25, -0.2) is 9.37 Å². The fourth-order valence-electron chi connectivity index (χ4n) is 1.79. The summed E-state index contributed by atoms with van der Waals surface area (Å²) in [7, 11) is 1.50. The van der Waals surface area contributed by atoms with Gasteiger partial charge >= 0.3 is 0 Å². The van der Waals surface area contributed by atoms with Crippen molar-refractivity contribution < 1.29 is 14.1 Å². The highest BCUT2D eigenvalue weighted by Crippen LogP contribution is 2.19. The Morgan fingerprint density at radius 1 is 1.52 bits per heavy atom.